The average molecular weight is 174 g/mol. The molecule has 3 nitrogen and oxygen atoms in total. The van der Waals surface area contributed by atoms with Gasteiger partial charge in [-0.15, -0.1) is 0 Å². The zero-order valence-corrected chi connectivity index (χ0v) is 7.32. The fraction of sp³-hybridized carbons (Fsp3) is 0.100. The number of ether oxygens (including phenoxy) is 1. The molecule has 1 aromatic carbocycles. The first-order chi connectivity index (χ1) is 6.27. The van der Waals surface area contributed by atoms with Crippen molar-refractivity contribution >= 4 is 11.8 Å². The highest BCUT2D eigenvalue weighted by Crippen LogP contribution is 2.21. The van der Waals surface area contributed by atoms with Crippen molar-refractivity contribution < 1.29 is 4.74 Å². The van der Waals surface area contributed by atoms with Gasteiger partial charge < -0.3 is 10.5 Å². The summed E-state index contributed by atoms with van der Waals surface area (Å²) in [5, 5.41) is 8.35. The second-order valence-corrected chi connectivity index (χ2v) is 2.46. The molecule has 0 bridgehead atoms. The summed E-state index contributed by atoms with van der Waals surface area (Å²) in [5.41, 5.74) is 7.04. The highest BCUT2D eigenvalue weighted by atomic mass is 16.5. The summed E-state index contributed by atoms with van der Waals surface area (Å²) in [7, 11) is 1.58. The van der Waals surface area contributed by atoms with Crippen LogP contribution in [-0.2, 0) is 0 Å². The third-order valence-corrected chi connectivity index (χ3v) is 1.59. The summed E-state index contributed by atoms with van der Waals surface area (Å²) in [6.45, 7) is 0. The Morgan fingerprint density at radius 1 is 1.54 bits per heavy atom. The Morgan fingerprint density at radius 3 is 2.92 bits per heavy atom. The predicted molar refractivity (Wildman–Crippen MR) is 52.1 cm³/mol. The molecule has 0 spiro atoms. The smallest absolute Gasteiger partial charge is 0.126 e. The van der Waals surface area contributed by atoms with Crippen molar-refractivity contribution in [3.8, 4) is 11.8 Å². The molecule has 2 N–H and O–H groups in total. The van der Waals surface area contributed by atoms with E-state index in [4.69, 9.17) is 15.7 Å². The van der Waals surface area contributed by atoms with Crippen LogP contribution >= 0.6 is 0 Å². The number of allylic oxidation sites excluding steroid dienone is 1. The molecule has 0 radical (unpaired) electrons. The van der Waals surface area contributed by atoms with Gasteiger partial charge in [0.1, 0.15) is 5.75 Å². The summed E-state index contributed by atoms with van der Waals surface area (Å²) in [6.07, 6.45) is 3.05. The molecule has 0 unspecified atom stereocenters. The van der Waals surface area contributed by atoms with Crippen molar-refractivity contribution in [2.75, 3.05) is 12.8 Å². The topological polar surface area (TPSA) is 59.0 Å². The van der Waals surface area contributed by atoms with E-state index in [0.29, 0.717) is 11.4 Å². The predicted octanol–water partition coefficient (Wildman–Crippen LogP) is 1.81. The molecule has 0 amide bonds. The molecule has 1 aromatic rings. The summed E-state index contributed by atoms with van der Waals surface area (Å²) in [6, 6.07) is 7.19. The quantitative estimate of drug-likeness (QED) is 0.549. The molecule has 0 heterocycles. The molecular formula is C10H10N2O. The van der Waals surface area contributed by atoms with Crippen molar-refractivity contribution in [3.63, 3.8) is 0 Å². The minimum Gasteiger partial charge on any atom is -0.496 e. The monoisotopic (exact) mass is 174 g/mol. The standard InChI is InChI=1S/C10H10N2O/c1-13-10-5-4-9(12)7-8(10)3-2-6-11/h2-5,7H,12H2,1H3. The largest absolute Gasteiger partial charge is 0.496 e. The maximum absolute atomic E-state index is 8.35. The molecule has 0 saturated heterocycles. The van der Waals surface area contributed by atoms with Gasteiger partial charge in [-0.05, 0) is 24.3 Å². The van der Waals surface area contributed by atoms with E-state index in [2.05, 4.69) is 0 Å². The SMILES string of the molecule is COc1ccc(N)cc1C=CC#N. The van der Waals surface area contributed by atoms with Crippen LogP contribution in [0.4, 0.5) is 5.69 Å². The van der Waals surface area contributed by atoms with Gasteiger partial charge in [0.05, 0.1) is 13.2 Å². The molecule has 0 aliphatic heterocycles. The molecule has 0 saturated carbocycles. The molecule has 1 rings (SSSR count). The number of benzene rings is 1. The molecular weight excluding hydrogens is 164 g/mol. The summed E-state index contributed by atoms with van der Waals surface area (Å²) in [5.74, 6) is 0.709. The number of hydrogen-bond acceptors (Lipinski definition) is 3. The minimum absolute atomic E-state index is 0.651. The fourth-order valence-corrected chi connectivity index (χ4v) is 1.01. The van der Waals surface area contributed by atoms with Crippen LogP contribution in [0.15, 0.2) is 24.3 Å². The van der Waals surface area contributed by atoms with Gasteiger partial charge in [0.25, 0.3) is 0 Å². The first-order valence-corrected chi connectivity index (χ1v) is 3.77. The number of rotatable bonds is 2. The maximum atomic E-state index is 8.35. The van der Waals surface area contributed by atoms with Crippen LogP contribution in [0.5, 0.6) is 5.75 Å². The first-order valence-electron chi connectivity index (χ1n) is 3.77. The normalized spacial score (nSPS) is 9.85. The third kappa shape index (κ3) is 2.24. The van der Waals surface area contributed by atoms with Crippen LogP contribution in [0.3, 0.4) is 0 Å². The van der Waals surface area contributed by atoms with E-state index in [-0.39, 0.29) is 0 Å². The average Bonchev–Trinajstić information content (AvgIpc) is 2.15. The Balaban J connectivity index is 3.10. The number of nitrogens with two attached hydrogens (primary N) is 1. The number of nitrogens with zero attached hydrogens (tertiary/aromatic N) is 1. The molecule has 0 aliphatic rings. The molecule has 0 aliphatic carbocycles. The van der Waals surface area contributed by atoms with Crippen molar-refractivity contribution in [2.24, 2.45) is 0 Å². The van der Waals surface area contributed by atoms with Crippen LogP contribution in [0, 0.1) is 11.3 Å². The molecule has 66 valence electrons. The van der Waals surface area contributed by atoms with Crippen LogP contribution in [0.1, 0.15) is 5.56 Å². The highest BCUT2D eigenvalue weighted by Gasteiger charge is 1.98. The van der Waals surface area contributed by atoms with Crippen molar-refractivity contribution in [1.82, 2.24) is 0 Å². The highest BCUT2D eigenvalue weighted by molar-refractivity contribution is 5.63. The van der Waals surface area contributed by atoms with E-state index in [1.54, 1.807) is 31.4 Å². The molecule has 13 heavy (non-hydrogen) atoms. The van der Waals surface area contributed by atoms with E-state index in [1.165, 1.54) is 6.08 Å². The van der Waals surface area contributed by atoms with E-state index in [1.807, 2.05) is 6.07 Å². The van der Waals surface area contributed by atoms with Gasteiger partial charge in [0, 0.05) is 17.3 Å². The van der Waals surface area contributed by atoms with Gasteiger partial charge in [-0.25, -0.2) is 0 Å². The second kappa shape index (κ2) is 4.17. The fourth-order valence-electron chi connectivity index (χ4n) is 1.01. The second-order valence-electron chi connectivity index (χ2n) is 2.46. The van der Waals surface area contributed by atoms with Gasteiger partial charge in [-0.2, -0.15) is 5.26 Å². The Bertz CT molecular complexity index is 364. The lowest BCUT2D eigenvalue weighted by atomic mass is 10.1. The minimum atomic E-state index is 0.651. The van der Waals surface area contributed by atoms with Gasteiger partial charge >= 0.3 is 0 Å². The number of nitriles is 1. The number of methoxy groups -OCH3 is 1. The zero-order chi connectivity index (χ0) is 9.68. The van der Waals surface area contributed by atoms with Gasteiger partial charge in [0.15, 0.2) is 0 Å². The molecule has 3 heteroatoms. The van der Waals surface area contributed by atoms with Crippen LogP contribution in [-0.4, -0.2) is 7.11 Å². The van der Waals surface area contributed by atoms with Gasteiger partial charge in [-0.1, -0.05) is 0 Å². The van der Waals surface area contributed by atoms with Crippen molar-refractivity contribution in [1.29, 1.82) is 5.26 Å². The summed E-state index contributed by atoms with van der Waals surface area (Å²) < 4.78 is 5.08. The summed E-state index contributed by atoms with van der Waals surface area (Å²) >= 11 is 0. The van der Waals surface area contributed by atoms with Crippen LogP contribution in [0.2, 0.25) is 0 Å². The Hall–Kier alpha value is -1.95. The Labute approximate surface area is 77.0 Å². The van der Waals surface area contributed by atoms with Crippen LogP contribution < -0.4 is 10.5 Å². The van der Waals surface area contributed by atoms with Crippen molar-refractivity contribution in [3.05, 3.63) is 29.8 Å². The maximum Gasteiger partial charge on any atom is 0.126 e. The van der Waals surface area contributed by atoms with Gasteiger partial charge in [0.2, 0.25) is 0 Å². The lowest BCUT2D eigenvalue weighted by Crippen LogP contribution is -1.90. The van der Waals surface area contributed by atoms with Gasteiger partial charge in [-0.3, -0.25) is 0 Å². The molecule has 0 fully saturated rings. The number of anilines is 1. The molecule has 0 atom stereocenters. The Morgan fingerprint density at radius 2 is 2.31 bits per heavy atom. The first kappa shape index (κ1) is 9.14. The lowest BCUT2D eigenvalue weighted by Gasteiger charge is -2.04. The Kier molecular flexibility index (Phi) is 2.93. The van der Waals surface area contributed by atoms with E-state index < -0.39 is 0 Å². The van der Waals surface area contributed by atoms with E-state index >= 15 is 0 Å². The number of nitrogen functional groups attached to an aromatic ring is 1. The van der Waals surface area contributed by atoms with Crippen molar-refractivity contribution in [2.45, 2.75) is 0 Å². The van der Waals surface area contributed by atoms with E-state index in [9.17, 15) is 0 Å². The van der Waals surface area contributed by atoms with Crippen LogP contribution in [0.25, 0.3) is 6.08 Å². The third-order valence-electron chi connectivity index (χ3n) is 1.59. The number of hydrogen-bond donors (Lipinski definition) is 1. The lowest BCUT2D eigenvalue weighted by molar-refractivity contribution is 0.414. The zero-order valence-electron chi connectivity index (χ0n) is 7.32. The molecule has 0 aromatic heterocycles. The van der Waals surface area contributed by atoms with E-state index in [0.717, 1.165) is 5.56 Å². The summed E-state index contributed by atoms with van der Waals surface area (Å²) in [4.78, 5) is 0.